The maximum atomic E-state index is 9.07. The number of nitrogens with zero attached hydrogens (tertiary/aromatic N) is 3. The van der Waals surface area contributed by atoms with E-state index in [2.05, 4.69) is 30.9 Å². The minimum Gasteiger partial charge on any atom is -0.395 e. The summed E-state index contributed by atoms with van der Waals surface area (Å²) in [7, 11) is 1.98. The number of hydrogen-bond acceptors (Lipinski definition) is 3. The summed E-state index contributed by atoms with van der Waals surface area (Å²) >= 11 is 6.58. The van der Waals surface area contributed by atoms with Crippen LogP contribution in [0.2, 0.25) is 5.15 Å². The SMILES string of the molecule is CC(C)c1nn(Cc2ccccc2)c(Cl)c1CN(C)CCO. The Kier molecular flexibility index (Phi) is 6.00. The lowest BCUT2D eigenvalue weighted by molar-refractivity contribution is 0.217. The van der Waals surface area contributed by atoms with Crippen molar-refractivity contribution in [1.82, 2.24) is 14.7 Å². The Hall–Kier alpha value is -1.36. The van der Waals surface area contributed by atoms with Crippen molar-refractivity contribution in [2.24, 2.45) is 0 Å². The van der Waals surface area contributed by atoms with E-state index < -0.39 is 0 Å². The number of aliphatic hydroxyl groups excluding tert-OH is 1. The summed E-state index contributed by atoms with van der Waals surface area (Å²) in [5.74, 6) is 0.312. The molecule has 120 valence electrons. The van der Waals surface area contributed by atoms with Crippen molar-refractivity contribution in [3.63, 3.8) is 0 Å². The lowest BCUT2D eigenvalue weighted by Crippen LogP contribution is -2.22. The highest BCUT2D eigenvalue weighted by atomic mass is 35.5. The summed E-state index contributed by atoms with van der Waals surface area (Å²) in [4.78, 5) is 2.06. The van der Waals surface area contributed by atoms with Crippen molar-refractivity contribution < 1.29 is 5.11 Å². The van der Waals surface area contributed by atoms with Crippen LogP contribution in [0.4, 0.5) is 0 Å². The fraction of sp³-hybridized carbons (Fsp3) is 0.471. The second-order valence-corrected chi connectivity index (χ2v) is 6.27. The molecule has 0 saturated carbocycles. The summed E-state index contributed by atoms with van der Waals surface area (Å²) in [5.41, 5.74) is 3.27. The first-order valence-electron chi connectivity index (χ1n) is 7.61. The molecule has 5 heteroatoms. The molecule has 0 amide bonds. The van der Waals surface area contributed by atoms with E-state index in [1.807, 2.05) is 29.9 Å². The summed E-state index contributed by atoms with van der Waals surface area (Å²) in [6.45, 7) is 6.38. The van der Waals surface area contributed by atoms with Crippen molar-refractivity contribution in [3.05, 3.63) is 52.3 Å². The molecule has 0 aliphatic heterocycles. The Morgan fingerprint density at radius 3 is 2.55 bits per heavy atom. The summed E-state index contributed by atoms with van der Waals surface area (Å²) in [6, 6.07) is 10.2. The van der Waals surface area contributed by atoms with Gasteiger partial charge in [0.05, 0.1) is 18.8 Å². The minimum absolute atomic E-state index is 0.142. The Morgan fingerprint density at radius 2 is 1.95 bits per heavy atom. The van der Waals surface area contributed by atoms with Gasteiger partial charge in [-0.05, 0) is 18.5 Å². The third-order valence-corrected chi connectivity index (χ3v) is 4.07. The van der Waals surface area contributed by atoms with Crippen LogP contribution in [-0.4, -0.2) is 40.0 Å². The predicted molar refractivity (Wildman–Crippen MR) is 90.3 cm³/mol. The van der Waals surface area contributed by atoms with E-state index >= 15 is 0 Å². The van der Waals surface area contributed by atoms with Crippen molar-refractivity contribution in [2.75, 3.05) is 20.2 Å². The zero-order chi connectivity index (χ0) is 16.1. The van der Waals surface area contributed by atoms with Crippen LogP contribution in [0.15, 0.2) is 30.3 Å². The van der Waals surface area contributed by atoms with E-state index in [-0.39, 0.29) is 6.61 Å². The maximum Gasteiger partial charge on any atom is 0.132 e. The molecule has 0 unspecified atom stereocenters. The largest absolute Gasteiger partial charge is 0.395 e. The normalized spacial score (nSPS) is 11.6. The summed E-state index contributed by atoms with van der Waals surface area (Å²) in [5, 5.41) is 14.5. The Bertz CT molecular complexity index is 595. The first-order chi connectivity index (χ1) is 10.5. The molecule has 22 heavy (non-hydrogen) atoms. The van der Waals surface area contributed by atoms with Crippen molar-refractivity contribution in [3.8, 4) is 0 Å². The molecule has 0 aliphatic carbocycles. The first-order valence-corrected chi connectivity index (χ1v) is 7.99. The number of hydrogen-bond donors (Lipinski definition) is 1. The molecule has 0 radical (unpaired) electrons. The molecule has 1 heterocycles. The molecular formula is C17H24ClN3O. The highest BCUT2D eigenvalue weighted by molar-refractivity contribution is 6.30. The molecule has 1 aromatic carbocycles. The minimum atomic E-state index is 0.142. The molecule has 0 fully saturated rings. The first kappa shape index (κ1) is 17.0. The van der Waals surface area contributed by atoms with Gasteiger partial charge in [0, 0.05) is 18.7 Å². The van der Waals surface area contributed by atoms with Crippen LogP contribution in [0.1, 0.15) is 36.6 Å². The second-order valence-electron chi connectivity index (χ2n) is 5.91. The van der Waals surface area contributed by atoms with Crippen LogP contribution >= 0.6 is 11.6 Å². The third-order valence-electron chi connectivity index (χ3n) is 3.65. The number of halogens is 1. The van der Waals surface area contributed by atoms with Gasteiger partial charge in [-0.1, -0.05) is 55.8 Å². The Balaban J connectivity index is 2.28. The quantitative estimate of drug-likeness (QED) is 0.852. The average Bonchev–Trinajstić information content (AvgIpc) is 2.78. The van der Waals surface area contributed by atoms with Crippen LogP contribution in [0.25, 0.3) is 0 Å². The van der Waals surface area contributed by atoms with E-state index in [9.17, 15) is 0 Å². The van der Waals surface area contributed by atoms with Crippen LogP contribution in [0.3, 0.4) is 0 Å². The molecule has 0 spiro atoms. The van der Waals surface area contributed by atoms with Crippen LogP contribution < -0.4 is 0 Å². The molecule has 1 N–H and O–H groups in total. The highest BCUT2D eigenvalue weighted by Crippen LogP contribution is 2.27. The van der Waals surface area contributed by atoms with Gasteiger partial charge in [-0.25, -0.2) is 4.68 Å². The molecule has 2 aromatic rings. The second kappa shape index (κ2) is 7.77. The topological polar surface area (TPSA) is 41.3 Å². The lowest BCUT2D eigenvalue weighted by Gasteiger charge is -2.16. The van der Waals surface area contributed by atoms with Crippen molar-refractivity contribution in [2.45, 2.75) is 32.9 Å². The van der Waals surface area contributed by atoms with E-state index in [1.165, 1.54) is 5.56 Å². The van der Waals surface area contributed by atoms with Gasteiger partial charge in [0.15, 0.2) is 0 Å². The van der Waals surface area contributed by atoms with Crippen LogP contribution in [0.5, 0.6) is 0 Å². The Labute approximate surface area is 137 Å². The van der Waals surface area contributed by atoms with Gasteiger partial charge in [-0.2, -0.15) is 5.10 Å². The van der Waals surface area contributed by atoms with Gasteiger partial charge in [0.25, 0.3) is 0 Å². The average molecular weight is 322 g/mol. The summed E-state index contributed by atoms with van der Waals surface area (Å²) in [6.07, 6.45) is 0. The number of aromatic nitrogens is 2. The van der Waals surface area contributed by atoms with E-state index in [0.717, 1.165) is 11.3 Å². The molecule has 0 saturated heterocycles. The predicted octanol–water partition coefficient (Wildman–Crippen LogP) is 3.13. The zero-order valence-corrected chi connectivity index (χ0v) is 14.2. The van der Waals surface area contributed by atoms with Gasteiger partial charge in [-0.15, -0.1) is 0 Å². The van der Waals surface area contributed by atoms with Crippen molar-refractivity contribution >= 4 is 11.6 Å². The van der Waals surface area contributed by atoms with Gasteiger partial charge in [-0.3, -0.25) is 4.90 Å². The fourth-order valence-electron chi connectivity index (χ4n) is 2.49. The number of benzene rings is 1. The smallest absolute Gasteiger partial charge is 0.132 e. The molecule has 0 aliphatic rings. The maximum absolute atomic E-state index is 9.07. The van der Waals surface area contributed by atoms with Gasteiger partial charge >= 0.3 is 0 Å². The molecule has 0 bridgehead atoms. The number of rotatable bonds is 7. The Morgan fingerprint density at radius 1 is 1.27 bits per heavy atom. The highest BCUT2D eigenvalue weighted by Gasteiger charge is 2.19. The number of likely N-dealkylation sites (N-methyl/N-ethyl adjacent to an activating group) is 1. The van der Waals surface area contributed by atoms with E-state index in [1.54, 1.807) is 0 Å². The zero-order valence-electron chi connectivity index (χ0n) is 13.5. The molecular weight excluding hydrogens is 298 g/mol. The monoisotopic (exact) mass is 321 g/mol. The fourth-order valence-corrected chi connectivity index (χ4v) is 2.74. The molecule has 1 aromatic heterocycles. The van der Waals surface area contributed by atoms with E-state index in [0.29, 0.717) is 30.7 Å². The molecule has 4 nitrogen and oxygen atoms in total. The molecule has 0 atom stereocenters. The third kappa shape index (κ3) is 4.09. The van der Waals surface area contributed by atoms with Gasteiger partial charge in [0.2, 0.25) is 0 Å². The van der Waals surface area contributed by atoms with Crippen molar-refractivity contribution in [1.29, 1.82) is 0 Å². The van der Waals surface area contributed by atoms with Gasteiger partial charge < -0.3 is 5.11 Å². The van der Waals surface area contributed by atoms with Crippen LogP contribution in [0, 0.1) is 0 Å². The molecule has 2 rings (SSSR count). The lowest BCUT2D eigenvalue weighted by atomic mass is 10.1. The summed E-state index contributed by atoms with van der Waals surface area (Å²) < 4.78 is 1.87. The van der Waals surface area contributed by atoms with Crippen LogP contribution in [-0.2, 0) is 13.1 Å². The standard InChI is InChI=1S/C17H24ClN3O/c1-13(2)16-15(12-20(3)9-10-22)17(18)21(19-16)11-14-7-5-4-6-8-14/h4-8,13,22H,9-12H2,1-3H3. The van der Waals surface area contributed by atoms with E-state index in [4.69, 9.17) is 21.8 Å². The van der Waals surface area contributed by atoms with Gasteiger partial charge in [0.1, 0.15) is 5.15 Å². The number of aliphatic hydroxyl groups is 1.